The molecule has 0 spiro atoms. The van der Waals surface area contributed by atoms with Crippen LogP contribution in [0.3, 0.4) is 0 Å². The highest BCUT2D eigenvalue weighted by molar-refractivity contribution is 7.91. The van der Waals surface area contributed by atoms with Crippen LogP contribution in [0.4, 0.5) is 4.79 Å². The summed E-state index contributed by atoms with van der Waals surface area (Å²) in [6, 6.07) is 4.34. The highest BCUT2D eigenvalue weighted by Gasteiger charge is 2.61. The zero-order valence-electron chi connectivity index (χ0n) is 28.8. The van der Waals surface area contributed by atoms with Crippen LogP contribution >= 0.6 is 0 Å². The fourth-order valence-corrected chi connectivity index (χ4v) is 7.25. The average Bonchev–Trinajstić information content (AvgIpc) is 3.83. The molecule has 3 aliphatic rings. The van der Waals surface area contributed by atoms with E-state index in [0.717, 1.165) is 0 Å². The Morgan fingerprint density at radius 2 is 1.66 bits per heavy atom. The second-order valence-corrected chi connectivity index (χ2v) is 17.6. The summed E-state index contributed by atoms with van der Waals surface area (Å²) in [4.78, 5) is 55.8. The summed E-state index contributed by atoms with van der Waals surface area (Å²) < 4.78 is 38.5. The number of alkyl carbamates (subject to hydrolysis) is 1. The highest BCUT2D eigenvalue weighted by atomic mass is 32.2. The van der Waals surface area contributed by atoms with Crippen molar-refractivity contribution in [2.45, 2.75) is 128 Å². The van der Waals surface area contributed by atoms with Gasteiger partial charge in [0.2, 0.25) is 21.8 Å². The summed E-state index contributed by atoms with van der Waals surface area (Å²) >= 11 is 0. The standard InChI is InChI=1S/C33H50N4O9S/c1-19(2)45-22-12-10-11-21(15-22)32(42)17-24(26(38)35-33(16-20(33)3)28(40)36-47(43,44)23-13-14-23)37(18-32)27(39)25(30(4,5)6)34-29(41)46-31(7,8)9/h10-12,15,19-20,23-25,42H,13-14,16-18H2,1-9H3,(H,34,41)(H,35,38)(H,36,40)/t20-,24+,25-,32+,33-/m1/s1. The molecule has 13 nitrogen and oxygen atoms in total. The van der Waals surface area contributed by atoms with Gasteiger partial charge in [-0.05, 0) is 82.9 Å². The number of benzene rings is 1. The Morgan fingerprint density at radius 3 is 2.17 bits per heavy atom. The molecule has 4 N–H and O–H groups in total. The molecule has 1 aromatic rings. The second-order valence-electron chi connectivity index (χ2n) is 15.6. The van der Waals surface area contributed by atoms with Crippen LogP contribution < -0.4 is 20.1 Å². The molecule has 0 bridgehead atoms. The lowest BCUT2D eigenvalue weighted by Crippen LogP contribution is -2.60. The predicted octanol–water partition coefficient (Wildman–Crippen LogP) is 2.70. The first-order valence-electron chi connectivity index (χ1n) is 16.1. The number of carbonyl (C=O) groups excluding carboxylic acids is 4. The first kappa shape index (κ1) is 36.4. The molecule has 0 unspecified atom stereocenters. The molecule has 2 saturated carbocycles. The smallest absolute Gasteiger partial charge is 0.408 e. The van der Waals surface area contributed by atoms with E-state index in [4.69, 9.17) is 9.47 Å². The van der Waals surface area contributed by atoms with Crippen LogP contribution in [0.15, 0.2) is 24.3 Å². The zero-order valence-corrected chi connectivity index (χ0v) is 29.6. The first-order chi connectivity index (χ1) is 21.5. The van der Waals surface area contributed by atoms with E-state index in [1.165, 1.54) is 4.90 Å². The van der Waals surface area contributed by atoms with Gasteiger partial charge in [-0.1, -0.05) is 39.8 Å². The van der Waals surface area contributed by atoms with Crippen LogP contribution in [-0.4, -0.2) is 83.4 Å². The summed E-state index contributed by atoms with van der Waals surface area (Å²) in [6.07, 6.45) is -0.0617. The molecule has 262 valence electrons. The molecule has 1 aromatic carbocycles. The molecule has 1 saturated heterocycles. The molecule has 1 aliphatic heterocycles. The van der Waals surface area contributed by atoms with Crippen molar-refractivity contribution in [1.29, 1.82) is 0 Å². The van der Waals surface area contributed by atoms with E-state index in [1.807, 2.05) is 13.8 Å². The maximum Gasteiger partial charge on any atom is 0.408 e. The van der Waals surface area contributed by atoms with Gasteiger partial charge in [0.15, 0.2) is 0 Å². The molecular formula is C33H50N4O9S. The Morgan fingerprint density at radius 1 is 1.04 bits per heavy atom. The van der Waals surface area contributed by atoms with Crippen molar-refractivity contribution in [3.63, 3.8) is 0 Å². The Balaban J connectivity index is 1.67. The number of amides is 4. The Hall–Kier alpha value is -3.39. The lowest BCUT2D eigenvalue weighted by Gasteiger charge is -2.36. The number of nitrogens with zero attached hydrogens (tertiary/aromatic N) is 1. The largest absolute Gasteiger partial charge is 0.491 e. The van der Waals surface area contributed by atoms with Crippen LogP contribution in [0, 0.1) is 11.3 Å². The summed E-state index contributed by atoms with van der Waals surface area (Å²) in [7, 11) is -3.87. The molecule has 2 aliphatic carbocycles. The lowest BCUT2D eigenvalue weighted by atomic mass is 9.85. The molecule has 5 atom stereocenters. The normalized spacial score (nSPS) is 26.7. The Bertz CT molecular complexity index is 1510. The van der Waals surface area contributed by atoms with Crippen molar-refractivity contribution in [2.24, 2.45) is 11.3 Å². The van der Waals surface area contributed by atoms with E-state index in [0.29, 0.717) is 24.2 Å². The maximum absolute atomic E-state index is 14.4. The van der Waals surface area contributed by atoms with Crippen LogP contribution in [0.2, 0.25) is 0 Å². The highest BCUT2D eigenvalue weighted by Crippen LogP contribution is 2.45. The van der Waals surface area contributed by atoms with E-state index in [1.54, 1.807) is 72.7 Å². The second kappa shape index (κ2) is 12.6. The van der Waals surface area contributed by atoms with E-state index in [2.05, 4.69) is 15.4 Å². The Labute approximate surface area is 277 Å². The number of aliphatic hydroxyl groups is 1. The molecule has 47 heavy (non-hydrogen) atoms. The minimum atomic E-state index is -3.87. The fraction of sp³-hybridized carbons (Fsp3) is 0.697. The summed E-state index contributed by atoms with van der Waals surface area (Å²) in [5, 5.41) is 16.8. The van der Waals surface area contributed by atoms with Crippen LogP contribution in [-0.2, 0) is 34.7 Å². The summed E-state index contributed by atoms with van der Waals surface area (Å²) in [6.45, 7) is 15.5. The van der Waals surface area contributed by atoms with Crippen LogP contribution in [0.5, 0.6) is 5.75 Å². The zero-order chi connectivity index (χ0) is 35.3. The van der Waals surface area contributed by atoms with Crippen LogP contribution in [0.25, 0.3) is 0 Å². The van der Waals surface area contributed by atoms with Crippen molar-refractivity contribution in [2.75, 3.05) is 6.54 Å². The van der Waals surface area contributed by atoms with E-state index < -0.39 is 73.3 Å². The number of hydrogen-bond donors (Lipinski definition) is 4. The topological polar surface area (TPSA) is 180 Å². The minimum absolute atomic E-state index is 0.141. The van der Waals surface area contributed by atoms with Gasteiger partial charge in [0.1, 0.15) is 34.6 Å². The van der Waals surface area contributed by atoms with Gasteiger partial charge in [0, 0.05) is 6.42 Å². The van der Waals surface area contributed by atoms with E-state index in [9.17, 15) is 32.7 Å². The summed E-state index contributed by atoms with van der Waals surface area (Å²) in [5.74, 6) is -2.06. The van der Waals surface area contributed by atoms with Crippen molar-refractivity contribution in [1.82, 2.24) is 20.3 Å². The van der Waals surface area contributed by atoms with Crippen molar-refractivity contribution < 1.29 is 42.2 Å². The van der Waals surface area contributed by atoms with Gasteiger partial charge < -0.3 is 30.1 Å². The van der Waals surface area contributed by atoms with Gasteiger partial charge in [-0.2, -0.15) is 0 Å². The molecular weight excluding hydrogens is 628 g/mol. The lowest BCUT2D eigenvalue weighted by molar-refractivity contribution is -0.143. The van der Waals surface area contributed by atoms with Crippen molar-refractivity contribution in [3.8, 4) is 5.75 Å². The van der Waals surface area contributed by atoms with E-state index >= 15 is 0 Å². The number of rotatable bonds is 10. The van der Waals surface area contributed by atoms with Crippen LogP contribution in [0.1, 0.15) is 93.6 Å². The third-order valence-corrected chi connectivity index (χ3v) is 10.5. The van der Waals surface area contributed by atoms with Gasteiger partial charge in [0.25, 0.3) is 5.91 Å². The number of hydrogen-bond acceptors (Lipinski definition) is 9. The van der Waals surface area contributed by atoms with Gasteiger partial charge in [-0.3, -0.25) is 19.1 Å². The monoisotopic (exact) mass is 678 g/mol. The molecule has 14 heteroatoms. The molecule has 4 rings (SSSR count). The van der Waals surface area contributed by atoms with Crippen molar-refractivity contribution >= 4 is 33.8 Å². The third kappa shape index (κ3) is 8.37. The number of likely N-dealkylation sites (tertiary alicyclic amines) is 1. The minimum Gasteiger partial charge on any atom is -0.491 e. The average molecular weight is 679 g/mol. The molecule has 3 fully saturated rings. The van der Waals surface area contributed by atoms with Gasteiger partial charge >= 0.3 is 6.09 Å². The first-order valence-corrected chi connectivity index (χ1v) is 17.7. The maximum atomic E-state index is 14.4. The third-order valence-electron chi connectivity index (χ3n) is 8.70. The fourth-order valence-electron chi connectivity index (χ4n) is 5.89. The quantitative estimate of drug-likeness (QED) is 0.289. The molecule has 0 aromatic heterocycles. The van der Waals surface area contributed by atoms with E-state index in [-0.39, 0.29) is 31.4 Å². The van der Waals surface area contributed by atoms with Gasteiger partial charge in [-0.25, -0.2) is 13.2 Å². The number of sulfonamides is 1. The molecule has 1 heterocycles. The SMILES string of the molecule is CC(C)Oc1cccc([C@]2(O)C[C@@H](C(=O)N[C@]3(C(=O)NS(=O)(=O)C4CC4)C[C@H]3C)N(C(=O)[C@@H](NC(=O)OC(C)(C)C)C(C)(C)C)C2)c1. The number of carbonyl (C=O) groups is 4. The number of ether oxygens (including phenoxy) is 2. The summed E-state index contributed by atoms with van der Waals surface area (Å²) in [5.41, 5.74) is -4.46. The molecule has 4 amide bonds. The Kier molecular flexibility index (Phi) is 9.75. The van der Waals surface area contributed by atoms with Gasteiger partial charge in [-0.15, -0.1) is 0 Å². The van der Waals surface area contributed by atoms with Crippen molar-refractivity contribution in [3.05, 3.63) is 29.8 Å². The number of nitrogens with one attached hydrogen (secondary N) is 3. The molecule has 0 radical (unpaired) electrons. The van der Waals surface area contributed by atoms with Gasteiger partial charge in [0.05, 0.1) is 17.9 Å². The predicted molar refractivity (Wildman–Crippen MR) is 174 cm³/mol. The number of β-amino-alcohol motifs (C(OH)–C–C–N with tert-alkyl or cyclic N) is 1.